The van der Waals surface area contributed by atoms with Crippen molar-refractivity contribution >= 4 is 11.6 Å². The molecule has 0 atom stereocenters. The second kappa shape index (κ2) is 3.34. The third-order valence-electron chi connectivity index (χ3n) is 2.48. The minimum Gasteiger partial charge on any atom is -0.265 e. The molecule has 1 aromatic heterocycles. The van der Waals surface area contributed by atoms with Crippen LogP contribution in [0.1, 0.15) is 10.4 Å². The number of azo groups is 1. The van der Waals surface area contributed by atoms with Crippen LogP contribution in [-0.4, -0.2) is 10.9 Å². The van der Waals surface area contributed by atoms with Crippen LogP contribution in [0.5, 0.6) is 0 Å². The van der Waals surface area contributed by atoms with E-state index in [9.17, 15) is 4.79 Å². The fraction of sp³-hybridized carbons (Fsp3) is 0. The van der Waals surface area contributed by atoms with Crippen molar-refractivity contribution in [3.63, 3.8) is 0 Å². The zero-order chi connectivity index (χ0) is 11.0. The Morgan fingerprint density at radius 2 is 1.94 bits per heavy atom. The average Bonchev–Trinajstić information content (AvgIpc) is 2.73. The van der Waals surface area contributed by atoms with Crippen LogP contribution in [0.25, 0.3) is 11.1 Å². The van der Waals surface area contributed by atoms with Gasteiger partial charge in [-0.3, -0.25) is 9.78 Å². The first-order valence-electron chi connectivity index (χ1n) is 4.86. The Hall–Kier alpha value is -2.36. The number of fused-ring (bicyclic) bond motifs is 1. The van der Waals surface area contributed by atoms with Crippen LogP contribution >= 0.6 is 0 Å². The maximum atomic E-state index is 11.6. The summed E-state index contributed by atoms with van der Waals surface area (Å²) >= 11 is 0. The van der Waals surface area contributed by atoms with Gasteiger partial charge in [-0.15, -0.1) is 10.2 Å². The summed E-state index contributed by atoms with van der Waals surface area (Å²) in [6.07, 6.45) is 3.42. The molecule has 0 saturated heterocycles. The van der Waals surface area contributed by atoms with Crippen molar-refractivity contribution in [3.8, 4) is 11.1 Å². The van der Waals surface area contributed by atoms with Crippen LogP contribution < -0.4 is 0 Å². The largest absolute Gasteiger partial charge is 0.298 e. The van der Waals surface area contributed by atoms with Gasteiger partial charge in [-0.25, -0.2) is 0 Å². The summed E-state index contributed by atoms with van der Waals surface area (Å²) < 4.78 is 0. The highest BCUT2D eigenvalue weighted by molar-refractivity contribution is 6.07. The summed E-state index contributed by atoms with van der Waals surface area (Å²) in [5, 5.41) is 7.38. The van der Waals surface area contributed by atoms with Crippen LogP contribution in [0.4, 0.5) is 5.69 Å². The van der Waals surface area contributed by atoms with E-state index in [1.54, 1.807) is 18.5 Å². The number of hydrogen-bond acceptors (Lipinski definition) is 3. The van der Waals surface area contributed by atoms with Crippen molar-refractivity contribution in [3.05, 3.63) is 48.3 Å². The van der Waals surface area contributed by atoms with E-state index in [1.807, 2.05) is 24.3 Å². The predicted octanol–water partition coefficient (Wildman–Crippen LogP) is 2.99. The molecule has 0 saturated carbocycles. The summed E-state index contributed by atoms with van der Waals surface area (Å²) in [5.74, 6) is -0.283. The van der Waals surface area contributed by atoms with E-state index in [2.05, 4.69) is 15.2 Å². The van der Waals surface area contributed by atoms with E-state index >= 15 is 0 Å². The molecule has 0 radical (unpaired) electrons. The molecule has 1 aliphatic heterocycles. The molecule has 0 bridgehead atoms. The van der Waals surface area contributed by atoms with Gasteiger partial charge in [0.15, 0.2) is 0 Å². The molecule has 0 aliphatic carbocycles. The molecule has 4 nitrogen and oxygen atoms in total. The zero-order valence-electron chi connectivity index (χ0n) is 8.29. The smallest absolute Gasteiger partial charge is 0.265 e. The number of hydrogen-bond donors (Lipinski definition) is 0. The van der Waals surface area contributed by atoms with Crippen LogP contribution in [0.2, 0.25) is 0 Å². The Morgan fingerprint density at radius 1 is 1.00 bits per heavy atom. The van der Waals surface area contributed by atoms with Crippen molar-refractivity contribution in [1.29, 1.82) is 0 Å². The predicted molar refractivity (Wildman–Crippen MR) is 58.5 cm³/mol. The van der Waals surface area contributed by atoms with Crippen molar-refractivity contribution < 1.29 is 4.79 Å². The molecular formula is C12H7N3O. The average molecular weight is 209 g/mol. The van der Waals surface area contributed by atoms with Gasteiger partial charge in [0, 0.05) is 18.0 Å². The number of carbonyl (C=O) groups is 1. The van der Waals surface area contributed by atoms with Gasteiger partial charge >= 0.3 is 0 Å². The molecule has 0 N–H and O–H groups in total. The number of rotatable bonds is 1. The van der Waals surface area contributed by atoms with Crippen LogP contribution in [-0.2, 0) is 0 Å². The van der Waals surface area contributed by atoms with Crippen LogP contribution in [0.15, 0.2) is 53.0 Å². The van der Waals surface area contributed by atoms with Gasteiger partial charge < -0.3 is 0 Å². The van der Waals surface area contributed by atoms with Gasteiger partial charge in [0.25, 0.3) is 5.91 Å². The molecular weight excluding hydrogens is 202 g/mol. The summed E-state index contributed by atoms with van der Waals surface area (Å²) in [5.41, 5.74) is 2.93. The molecule has 1 aliphatic rings. The van der Waals surface area contributed by atoms with E-state index in [0.717, 1.165) is 11.1 Å². The highest BCUT2D eigenvalue weighted by Crippen LogP contribution is 2.34. The highest BCUT2D eigenvalue weighted by atomic mass is 16.2. The third-order valence-corrected chi connectivity index (χ3v) is 2.48. The Balaban J connectivity index is 2.25. The molecule has 4 heteroatoms. The van der Waals surface area contributed by atoms with Gasteiger partial charge in [0.2, 0.25) is 0 Å². The molecule has 3 rings (SSSR count). The topological polar surface area (TPSA) is 54.7 Å². The summed E-state index contributed by atoms with van der Waals surface area (Å²) in [7, 11) is 0. The summed E-state index contributed by atoms with van der Waals surface area (Å²) in [6.45, 7) is 0. The minimum atomic E-state index is -0.283. The highest BCUT2D eigenvalue weighted by Gasteiger charge is 2.21. The molecule has 0 spiro atoms. The Morgan fingerprint density at radius 3 is 2.75 bits per heavy atom. The fourth-order valence-electron chi connectivity index (χ4n) is 1.76. The lowest BCUT2D eigenvalue weighted by atomic mass is 10.00. The minimum absolute atomic E-state index is 0.283. The monoisotopic (exact) mass is 209 g/mol. The van der Waals surface area contributed by atoms with E-state index < -0.39 is 0 Å². The van der Waals surface area contributed by atoms with Crippen molar-refractivity contribution in [2.24, 2.45) is 10.2 Å². The number of benzene rings is 1. The first-order chi connectivity index (χ1) is 7.86. The number of aromatic nitrogens is 1. The Bertz CT molecular complexity index is 590. The molecule has 76 valence electrons. The first kappa shape index (κ1) is 8.91. The van der Waals surface area contributed by atoms with E-state index in [0.29, 0.717) is 11.3 Å². The van der Waals surface area contributed by atoms with Crippen LogP contribution in [0.3, 0.4) is 0 Å². The number of nitrogens with zero attached hydrogens (tertiary/aromatic N) is 3. The fourth-order valence-corrected chi connectivity index (χ4v) is 1.76. The lowest BCUT2D eigenvalue weighted by Gasteiger charge is -2.04. The van der Waals surface area contributed by atoms with Crippen molar-refractivity contribution in [2.45, 2.75) is 0 Å². The molecule has 2 heterocycles. The van der Waals surface area contributed by atoms with E-state index in [4.69, 9.17) is 0 Å². The maximum Gasteiger partial charge on any atom is 0.298 e. The lowest BCUT2D eigenvalue weighted by molar-refractivity contribution is 0.100. The number of pyridine rings is 1. The molecule has 16 heavy (non-hydrogen) atoms. The summed E-state index contributed by atoms with van der Waals surface area (Å²) in [4.78, 5) is 15.6. The first-order valence-corrected chi connectivity index (χ1v) is 4.86. The molecule has 1 amide bonds. The summed E-state index contributed by atoms with van der Waals surface area (Å²) in [6, 6.07) is 9.27. The molecule has 0 unspecified atom stereocenters. The molecule has 2 aromatic rings. The quantitative estimate of drug-likeness (QED) is 0.724. The SMILES string of the molecule is O=C1N=Nc2cccc(-c3cccnc3)c21. The van der Waals surface area contributed by atoms with Crippen molar-refractivity contribution in [1.82, 2.24) is 4.98 Å². The second-order valence-electron chi connectivity index (χ2n) is 3.45. The third kappa shape index (κ3) is 1.24. The molecule has 1 aromatic carbocycles. The zero-order valence-corrected chi connectivity index (χ0v) is 8.29. The second-order valence-corrected chi connectivity index (χ2v) is 3.45. The van der Waals surface area contributed by atoms with Gasteiger partial charge in [-0.05, 0) is 17.7 Å². The standard InChI is InChI=1S/C12H7N3O/c16-12-11-9(8-3-2-6-13-7-8)4-1-5-10(11)14-15-12/h1-7H. The van der Waals surface area contributed by atoms with Gasteiger partial charge in [0.1, 0.15) is 0 Å². The van der Waals surface area contributed by atoms with Crippen molar-refractivity contribution in [2.75, 3.05) is 0 Å². The van der Waals surface area contributed by atoms with Crippen LogP contribution in [0, 0.1) is 0 Å². The normalized spacial score (nSPS) is 12.9. The number of carbonyl (C=O) groups excluding carboxylic acids is 1. The molecule has 0 fully saturated rings. The number of amides is 1. The van der Waals surface area contributed by atoms with Gasteiger partial charge in [-0.1, -0.05) is 18.2 Å². The van der Waals surface area contributed by atoms with Gasteiger partial charge in [-0.2, -0.15) is 0 Å². The lowest BCUT2D eigenvalue weighted by Crippen LogP contribution is -1.93. The Kier molecular flexibility index (Phi) is 1.86. The maximum absolute atomic E-state index is 11.6. The van der Waals surface area contributed by atoms with E-state index in [-0.39, 0.29) is 5.91 Å². The van der Waals surface area contributed by atoms with E-state index in [1.165, 1.54) is 0 Å². The van der Waals surface area contributed by atoms with Gasteiger partial charge in [0.05, 0.1) is 11.3 Å². The Labute approximate surface area is 91.7 Å².